The molecule has 0 unspecified atom stereocenters. The molecule has 0 aliphatic carbocycles. The number of urea groups is 1. The summed E-state index contributed by atoms with van der Waals surface area (Å²) >= 11 is 0. The summed E-state index contributed by atoms with van der Waals surface area (Å²) in [6, 6.07) is 11.1. The van der Waals surface area contributed by atoms with Crippen LogP contribution in [0.1, 0.15) is 11.3 Å². The summed E-state index contributed by atoms with van der Waals surface area (Å²) < 4.78 is 1.69. The Morgan fingerprint density at radius 3 is 2.62 bits per heavy atom. The summed E-state index contributed by atoms with van der Waals surface area (Å²) in [6.07, 6.45) is 3.32. The fraction of sp³-hybridized carbons (Fsp3) is 0.222. The molecule has 2 heterocycles. The van der Waals surface area contributed by atoms with E-state index in [9.17, 15) is 4.79 Å². The smallest absolute Gasteiger partial charge is 0.319 e. The molecule has 3 N–H and O–H groups in total. The molecule has 1 aromatic carbocycles. The van der Waals surface area contributed by atoms with Gasteiger partial charge in [-0.05, 0) is 32.0 Å². The van der Waals surface area contributed by atoms with Crippen molar-refractivity contribution in [3.8, 4) is 5.82 Å². The number of nitrogens with zero attached hydrogens (tertiary/aromatic N) is 4. The molecule has 8 heteroatoms. The van der Waals surface area contributed by atoms with Crippen molar-refractivity contribution in [1.82, 2.24) is 25.1 Å². The number of carbonyl (C=O) groups is 1. The van der Waals surface area contributed by atoms with Gasteiger partial charge in [-0.15, -0.1) is 0 Å². The Morgan fingerprint density at radius 2 is 1.88 bits per heavy atom. The highest BCUT2D eigenvalue weighted by molar-refractivity contribution is 5.89. The minimum atomic E-state index is -0.244. The number of benzene rings is 1. The first kappa shape index (κ1) is 17.4. The fourth-order valence-corrected chi connectivity index (χ4v) is 2.29. The van der Waals surface area contributed by atoms with Crippen LogP contribution in [0.3, 0.4) is 0 Å². The zero-order chi connectivity index (χ0) is 18.4. The van der Waals surface area contributed by atoms with Crippen LogP contribution in [0.4, 0.5) is 16.3 Å². The van der Waals surface area contributed by atoms with Crippen molar-refractivity contribution in [1.29, 1.82) is 0 Å². The molecule has 0 saturated carbocycles. The third kappa shape index (κ3) is 4.79. The van der Waals surface area contributed by atoms with Crippen LogP contribution >= 0.6 is 0 Å². The van der Waals surface area contributed by atoms with E-state index in [1.165, 1.54) is 6.33 Å². The maximum absolute atomic E-state index is 11.9. The van der Waals surface area contributed by atoms with Gasteiger partial charge >= 0.3 is 6.03 Å². The van der Waals surface area contributed by atoms with E-state index in [0.29, 0.717) is 24.7 Å². The van der Waals surface area contributed by atoms with Gasteiger partial charge in [-0.25, -0.2) is 19.4 Å². The number of amides is 2. The standard InChI is InChI=1S/C18H21N7O/c1-13-3-5-15(6-4-13)23-18(26)20-9-8-19-16-11-17(22-12-21-16)25-10-7-14(2)24-25/h3-7,10-12H,8-9H2,1-2H3,(H,19,21,22)(H2,20,23,26). The average Bonchev–Trinajstić information content (AvgIpc) is 3.07. The Kier molecular flexibility index (Phi) is 5.43. The number of rotatable bonds is 6. The fourth-order valence-electron chi connectivity index (χ4n) is 2.29. The van der Waals surface area contributed by atoms with Gasteiger partial charge in [0.1, 0.15) is 12.1 Å². The van der Waals surface area contributed by atoms with Gasteiger partial charge in [0, 0.05) is 31.0 Å². The van der Waals surface area contributed by atoms with Crippen molar-refractivity contribution in [2.45, 2.75) is 13.8 Å². The lowest BCUT2D eigenvalue weighted by molar-refractivity contribution is 0.252. The van der Waals surface area contributed by atoms with Gasteiger partial charge in [0.2, 0.25) is 0 Å². The lowest BCUT2D eigenvalue weighted by Gasteiger charge is -2.09. The number of hydrogen-bond donors (Lipinski definition) is 3. The van der Waals surface area contributed by atoms with Gasteiger partial charge in [0.25, 0.3) is 0 Å². The van der Waals surface area contributed by atoms with Crippen molar-refractivity contribution >= 4 is 17.5 Å². The van der Waals surface area contributed by atoms with E-state index < -0.39 is 0 Å². The van der Waals surface area contributed by atoms with Crippen LogP contribution in [0.25, 0.3) is 5.82 Å². The summed E-state index contributed by atoms with van der Waals surface area (Å²) in [5, 5.41) is 13.1. The average molecular weight is 351 g/mol. The molecule has 2 amide bonds. The number of anilines is 2. The molecule has 134 valence electrons. The summed E-state index contributed by atoms with van der Waals surface area (Å²) in [4.78, 5) is 20.2. The van der Waals surface area contributed by atoms with Crippen LogP contribution in [0.5, 0.6) is 0 Å². The molecular weight excluding hydrogens is 330 g/mol. The van der Waals surface area contributed by atoms with Gasteiger partial charge in [-0.1, -0.05) is 17.7 Å². The minimum absolute atomic E-state index is 0.244. The Labute approximate surface area is 151 Å². The number of aryl methyl sites for hydroxylation is 2. The Hall–Kier alpha value is -3.42. The molecule has 0 atom stereocenters. The third-order valence-corrected chi connectivity index (χ3v) is 3.64. The highest BCUT2D eigenvalue weighted by atomic mass is 16.2. The number of aromatic nitrogens is 4. The van der Waals surface area contributed by atoms with Crippen LogP contribution in [0.2, 0.25) is 0 Å². The topological polar surface area (TPSA) is 96.8 Å². The van der Waals surface area contributed by atoms with Crippen LogP contribution < -0.4 is 16.0 Å². The van der Waals surface area contributed by atoms with Crippen molar-refractivity contribution < 1.29 is 4.79 Å². The van der Waals surface area contributed by atoms with Gasteiger partial charge in [-0.3, -0.25) is 0 Å². The monoisotopic (exact) mass is 351 g/mol. The number of carbonyl (C=O) groups excluding carboxylic acids is 1. The van der Waals surface area contributed by atoms with Gasteiger partial charge < -0.3 is 16.0 Å². The Morgan fingerprint density at radius 1 is 1.08 bits per heavy atom. The van der Waals surface area contributed by atoms with Crippen LogP contribution in [-0.4, -0.2) is 38.9 Å². The van der Waals surface area contributed by atoms with Gasteiger partial charge in [0.15, 0.2) is 5.82 Å². The van der Waals surface area contributed by atoms with E-state index in [1.807, 2.05) is 50.4 Å². The summed E-state index contributed by atoms with van der Waals surface area (Å²) in [5.41, 5.74) is 2.83. The summed E-state index contributed by atoms with van der Waals surface area (Å²) in [6.45, 7) is 4.92. The Bertz CT molecular complexity index is 873. The molecule has 8 nitrogen and oxygen atoms in total. The van der Waals surface area contributed by atoms with Crippen LogP contribution in [-0.2, 0) is 0 Å². The van der Waals surface area contributed by atoms with Crippen molar-refractivity contribution in [2.24, 2.45) is 0 Å². The largest absolute Gasteiger partial charge is 0.368 e. The second-order valence-corrected chi connectivity index (χ2v) is 5.84. The molecule has 2 aromatic heterocycles. The minimum Gasteiger partial charge on any atom is -0.368 e. The maximum atomic E-state index is 11.9. The molecule has 0 radical (unpaired) electrons. The Balaban J connectivity index is 1.45. The van der Waals surface area contributed by atoms with Crippen LogP contribution in [0, 0.1) is 13.8 Å². The van der Waals surface area contributed by atoms with E-state index >= 15 is 0 Å². The molecule has 0 aliphatic heterocycles. The van der Waals surface area contributed by atoms with E-state index in [4.69, 9.17) is 0 Å². The SMILES string of the molecule is Cc1ccc(NC(=O)NCCNc2cc(-n3ccc(C)n3)ncn2)cc1. The van der Waals surface area contributed by atoms with Crippen molar-refractivity contribution in [2.75, 3.05) is 23.7 Å². The molecule has 3 aromatic rings. The predicted molar refractivity (Wildman–Crippen MR) is 101 cm³/mol. The molecule has 0 fully saturated rings. The molecule has 3 rings (SSSR count). The van der Waals surface area contributed by atoms with E-state index in [0.717, 1.165) is 16.9 Å². The second kappa shape index (κ2) is 8.11. The van der Waals surface area contributed by atoms with E-state index in [1.54, 1.807) is 10.7 Å². The molecule has 0 bridgehead atoms. The van der Waals surface area contributed by atoms with Gasteiger partial charge in [0.05, 0.1) is 5.69 Å². The predicted octanol–water partition coefficient (Wildman–Crippen LogP) is 2.51. The quantitative estimate of drug-likeness (QED) is 0.593. The molecule has 26 heavy (non-hydrogen) atoms. The molecule has 0 saturated heterocycles. The lowest BCUT2D eigenvalue weighted by Crippen LogP contribution is -2.32. The highest BCUT2D eigenvalue weighted by Gasteiger charge is 2.03. The summed E-state index contributed by atoms with van der Waals surface area (Å²) in [7, 11) is 0. The molecule has 0 aliphatic rings. The molecular formula is C18H21N7O. The zero-order valence-corrected chi connectivity index (χ0v) is 14.7. The summed E-state index contributed by atoms with van der Waals surface area (Å²) in [5.74, 6) is 1.35. The zero-order valence-electron chi connectivity index (χ0n) is 14.7. The maximum Gasteiger partial charge on any atom is 0.319 e. The number of nitrogens with one attached hydrogen (secondary N) is 3. The van der Waals surface area contributed by atoms with E-state index in [-0.39, 0.29) is 6.03 Å². The first-order valence-electron chi connectivity index (χ1n) is 8.30. The van der Waals surface area contributed by atoms with Crippen LogP contribution in [0.15, 0.2) is 48.9 Å². The highest BCUT2D eigenvalue weighted by Crippen LogP contribution is 2.09. The lowest BCUT2D eigenvalue weighted by atomic mass is 10.2. The first-order valence-corrected chi connectivity index (χ1v) is 8.30. The van der Waals surface area contributed by atoms with Crippen molar-refractivity contribution in [3.05, 3.63) is 60.2 Å². The number of hydrogen-bond acceptors (Lipinski definition) is 5. The third-order valence-electron chi connectivity index (χ3n) is 3.64. The molecule has 0 spiro atoms. The normalized spacial score (nSPS) is 10.4. The van der Waals surface area contributed by atoms with Gasteiger partial charge in [-0.2, -0.15) is 5.10 Å². The van der Waals surface area contributed by atoms with Crippen molar-refractivity contribution in [3.63, 3.8) is 0 Å². The van der Waals surface area contributed by atoms with E-state index in [2.05, 4.69) is 31.0 Å². The second-order valence-electron chi connectivity index (χ2n) is 5.84. The first-order chi connectivity index (χ1) is 12.6.